The molecule has 0 saturated carbocycles. The van der Waals surface area contributed by atoms with Gasteiger partial charge in [0.25, 0.3) is 5.91 Å². The molecule has 0 aliphatic carbocycles. The van der Waals surface area contributed by atoms with Gasteiger partial charge < -0.3 is 15.4 Å². The van der Waals surface area contributed by atoms with Gasteiger partial charge >= 0.3 is 0 Å². The first kappa shape index (κ1) is 14.8. The van der Waals surface area contributed by atoms with Crippen molar-refractivity contribution in [2.45, 2.75) is 31.4 Å². The lowest BCUT2D eigenvalue weighted by molar-refractivity contribution is -0.147. The molecule has 0 radical (unpaired) electrons. The van der Waals surface area contributed by atoms with E-state index in [1.807, 2.05) is 19.1 Å². The van der Waals surface area contributed by atoms with E-state index in [0.717, 1.165) is 22.3 Å². The molecule has 106 valence electrons. The second-order valence-electron chi connectivity index (χ2n) is 4.79. The third kappa shape index (κ3) is 3.28. The second kappa shape index (κ2) is 6.22. The number of hydrogen-bond acceptors (Lipinski definition) is 4. The summed E-state index contributed by atoms with van der Waals surface area (Å²) in [7, 11) is 1.61. The zero-order valence-corrected chi connectivity index (χ0v) is 12.7. The number of nitrogens with one attached hydrogen (secondary N) is 2. The normalized spacial score (nSPS) is 19.9. The first-order valence-corrected chi connectivity index (χ1v) is 7.59. The van der Waals surface area contributed by atoms with Crippen LogP contribution in [0.3, 0.4) is 0 Å². The average molecular weight is 303 g/mol. The maximum absolute atomic E-state index is 12.4. The number of carbonyl (C=O) groups excluding carboxylic acids is 1. The van der Waals surface area contributed by atoms with Crippen molar-refractivity contribution in [2.24, 2.45) is 0 Å². The smallest absolute Gasteiger partial charge is 0.252 e. The van der Waals surface area contributed by atoms with Gasteiger partial charge in [0.05, 0.1) is 10.4 Å². The van der Waals surface area contributed by atoms with Gasteiger partial charge in [-0.05, 0) is 45.0 Å². The Morgan fingerprint density at radius 3 is 2.74 bits per heavy atom. The van der Waals surface area contributed by atoms with Crippen LogP contribution in [0.25, 0.3) is 0 Å². The van der Waals surface area contributed by atoms with Crippen molar-refractivity contribution < 1.29 is 9.53 Å². The minimum atomic E-state index is -0.694. The molecule has 1 fully saturated rings. The zero-order chi connectivity index (χ0) is 13.9. The first-order chi connectivity index (χ1) is 9.07. The van der Waals surface area contributed by atoms with Gasteiger partial charge in [0.1, 0.15) is 5.60 Å². The van der Waals surface area contributed by atoms with Crippen molar-refractivity contribution >= 4 is 28.8 Å². The van der Waals surface area contributed by atoms with Crippen LogP contribution in [0.2, 0.25) is 4.34 Å². The topological polar surface area (TPSA) is 50.4 Å². The Hall–Kier alpha value is -0.620. The van der Waals surface area contributed by atoms with E-state index in [2.05, 4.69) is 10.6 Å². The fraction of sp³-hybridized carbons (Fsp3) is 0.615. The Bertz CT molecular complexity index is 444. The Morgan fingerprint density at radius 2 is 2.21 bits per heavy atom. The number of thiophene rings is 1. The van der Waals surface area contributed by atoms with Crippen LogP contribution in [0.5, 0.6) is 0 Å². The lowest BCUT2D eigenvalue weighted by Crippen LogP contribution is -2.54. The lowest BCUT2D eigenvalue weighted by Gasteiger charge is -2.35. The molecule has 0 bridgehead atoms. The van der Waals surface area contributed by atoms with Gasteiger partial charge in [-0.1, -0.05) is 11.6 Å². The molecule has 2 N–H and O–H groups in total. The minimum absolute atomic E-state index is 0.0338. The molecule has 6 heteroatoms. The van der Waals surface area contributed by atoms with E-state index in [9.17, 15) is 4.79 Å². The van der Waals surface area contributed by atoms with Gasteiger partial charge in [0.15, 0.2) is 0 Å². The van der Waals surface area contributed by atoms with Crippen LogP contribution in [0, 0.1) is 0 Å². The minimum Gasteiger partial charge on any atom is -0.368 e. The van der Waals surface area contributed by atoms with E-state index in [-0.39, 0.29) is 11.9 Å². The molecule has 0 aromatic carbocycles. The molecule has 4 nitrogen and oxygen atoms in total. The largest absolute Gasteiger partial charge is 0.368 e. The van der Waals surface area contributed by atoms with Crippen LogP contribution in [-0.4, -0.2) is 31.7 Å². The highest BCUT2D eigenvalue weighted by Gasteiger charge is 2.40. The summed E-state index contributed by atoms with van der Waals surface area (Å²) in [5.74, 6) is -0.0338. The summed E-state index contributed by atoms with van der Waals surface area (Å²) in [4.78, 5) is 13.5. The number of hydrogen-bond donors (Lipinski definition) is 2. The van der Waals surface area contributed by atoms with E-state index >= 15 is 0 Å². The summed E-state index contributed by atoms with van der Waals surface area (Å²) < 4.78 is 6.24. The fourth-order valence-electron chi connectivity index (χ4n) is 2.31. The van der Waals surface area contributed by atoms with E-state index < -0.39 is 5.60 Å². The van der Waals surface area contributed by atoms with Gasteiger partial charge in [-0.25, -0.2) is 0 Å². The summed E-state index contributed by atoms with van der Waals surface area (Å²) in [6.45, 7) is 3.57. The van der Waals surface area contributed by atoms with E-state index in [4.69, 9.17) is 16.3 Å². The summed E-state index contributed by atoms with van der Waals surface area (Å²) >= 11 is 7.41. The molecule has 1 amide bonds. The summed E-state index contributed by atoms with van der Waals surface area (Å²) in [5.41, 5.74) is -0.694. The van der Waals surface area contributed by atoms with Crippen LogP contribution in [0.1, 0.15) is 30.7 Å². The predicted molar refractivity (Wildman–Crippen MR) is 77.7 cm³/mol. The highest BCUT2D eigenvalue weighted by atomic mass is 35.5. The Kier molecular flexibility index (Phi) is 4.84. The van der Waals surface area contributed by atoms with Crippen LogP contribution < -0.4 is 10.6 Å². The predicted octanol–water partition coefficient (Wildman–Crippen LogP) is 2.35. The number of ether oxygens (including phenoxy) is 1. The van der Waals surface area contributed by atoms with Gasteiger partial charge in [0, 0.05) is 12.0 Å². The molecular weight excluding hydrogens is 284 g/mol. The average Bonchev–Trinajstić information content (AvgIpc) is 2.86. The van der Waals surface area contributed by atoms with Gasteiger partial charge in [-0.2, -0.15) is 0 Å². The quantitative estimate of drug-likeness (QED) is 0.897. The molecular formula is C13H19ClN2O2S. The molecule has 1 aliphatic heterocycles. The molecule has 19 heavy (non-hydrogen) atoms. The van der Waals surface area contributed by atoms with Crippen molar-refractivity contribution in [3.05, 3.63) is 21.3 Å². The van der Waals surface area contributed by atoms with Crippen molar-refractivity contribution in [3.8, 4) is 0 Å². The molecule has 1 aromatic rings. The van der Waals surface area contributed by atoms with Gasteiger partial charge in [-0.3, -0.25) is 4.79 Å². The first-order valence-electron chi connectivity index (χ1n) is 6.39. The third-order valence-electron chi connectivity index (χ3n) is 3.58. The van der Waals surface area contributed by atoms with Gasteiger partial charge in [0.2, 0.25) is 0 Å². The third-order valence-corrected chi connectivity index (χ3v) is 5.00. The van der Waals surface area contributed by atoms with Crippen LogP contribution in [0.4, 0.5) is 0 Å². The van der Waals surface area contributed by atoms with Crippen molar-refractivity contribution in [1.29, 1.82) is 0 Å². The van der Waals surface area contributed by atoms with Crippen LogP contribution in [0.15, 0.2) is 12.1 Å². The molecule has 2 rings (SSSR count). The fourth-order valence-corrected chi connectivity index (χ4v) is 3.38. The number of piperidine rings is 1. The molecule has 1 atom stereocenters. The summed E-state index contributed by atoms with van der Waals surface area (Å²) in [6.07, 6.45) is 1.40. The molecule has 1 aromatic heterocycles. The molecule has 1 aliphatic rings. The highest BCUT2D eigenvalue weighted by Crippen LogP contribution is 2.28. The summed E-state index contributed by atoms with van der Waals surface area (Å²) in [6, 6.07) is 3.74. The molecule has 1 unspecified atom stereocenters. The van der Waals surface area contributed by atoms with Crippen LogP contribution >= 0.6 is 22.9 Å². The molecule has 1 saturated heterocycles. The number of carbonyl (C=O) groups is 1. The maximum atomic E-state index is 12.4. The standard InChI is InChI=1S/C13H19ClN2O2S/c1-9(10-3-4-11(14)19-10)16-12(17)13(18-2)5-7-15-8-6-13/h3-4,9,15H,5-8H2,1-2H3,(H,16,17). The Balaban J connectivity index is 2.03. The lowest BCUT2D eigenvalue weighted by atomic mass is 9.91. The van der Waals surface area contributed by atoms with E-state index in [1.54, 1.807) is 7.11 Å². The summed E-state index contributed by atoms with van der Waals surface area (Å²) in [5, 5.41) is 6.27. The number of amides is 1. The van der Waals surface area contributed by atoms with Gasteiger partial charge in [-0.15, -0.1) is 11.3 Å². The van der Waals surface area contributed by atoms with E-state index in [1.165, 1.54) is 11.3 Å². The van der Waals surface area contributed by atoms with E-state index in [0.29, 0.717) is 12.8 Å². The van der Waals surface area contributed by atoms with Crippen molar-refractivity contribution in [1.82, 2.24) is 10.6 Å². The van der Waals surface area contributed by atoms with Crippen LogP contribution in [-0.2, 0) is 9.53 Å². The monoisotopic (exact) mass is 302 g/mol. The SMILES string of the molecule is COC1(C(=O)NC(C)c2ccc(Cl)s2)CCNCC1. The number of rotatable bonds is 4. The maximum Gasteiger partial charge on any atom is 0.252 e. The van der Waals surface area contributed by atoms with Crippen molar-refractivity contribution in [3.63, 3.8) is 0 Å². The number of methoxy groups -OCH3 is 1. The second-order valence-corrected chi connectivity index (χ2v) is 6.53. The molecule has 0 spiro atoms. The van der Waals surface area contributed by atoms with Crippen molar-refractivity contribution in [2.75, 3.05) is 20.2 Å². The Labute approximate surface area is 122 Å². The number of halogens is 1. The molecule has 2 heterocycles. The zero-order valence-electron chi connectivity index (χ0n) is 11.2. The Morgan fingerprint density at radius 1 is 1.53 bits per heavy atom. The highest BCUT2D eigenvalue weighted by molar-refractivity contribution is 7.16.